The summed E-state index contributed by atoms with van der Waals surface area (Å²) >= 11 is 0. The Kier molecular flexibility index (Phi) is 2.85. The van der Waals surface area contributed by atoms with E-state index >= 15 is 0 Å². The van der Waals surface area contributed by atoms with Gasteiger partial charge >= 0.3 is 5.97 Å². The molecule has 0 radical (unpaired) electrons. The third kappa shape index (κ3) is 3.75. The number of carbonyl (C=O) groups excluding carboxylic acids is 1. The largest absolute Gasteiger partial charge is 0.478 e. The van der Waals surface area contributed by atoms with Gasteiger partial charge in [0.25, 0.3) is 0 Å². The molecule has 0 aromatic rings. The lowest BCUT2D eigenvalue weighted by Gasteiger charge is -1.97. The van der Waals surface area contributed by atoms with E-state index in [0.29, 0.717) is 12.5 Å². The molecule has 1 fully saturated rings. The lowest BCUT2D eigenvalue weighted by molar-refractivity contribution is -0.131. The molecule has 1 amide bonds. The van der Waals surface area contributed by atoms with Crippen LogP contribution in [0.15, 0.2) is 12.2 Å². The Labute approximate surface area is 70.3 Å². The first-order chi connectivity index (χ1) is 5.68. The van der Waals surface area contributed by atoms with E-state index in [-0.39, 0.29) is 5.91 Å². The molecule has 0 unspecified atom stereocenters. The van der Waals surface area contributed by atoms with Crippen molar-refractivity contribution in [2.45, 2.75) is 12.8 Å². The average Bonchev–Trinajstić information content (AvgIpc) is 2.80. The topological polar surface area (TPSA) is 66.4 Å². The van der Waals surface area contributed by atoms with Gasteiger partial charge in [-0.05, 0) is 18.8 Å². The molecule has 0 heterocycles. The molecule has 0 spiro atoms. The summed E-state index contributed by atoms with van der Waals surface area (Å²) in [5.41, 5.74) is 0. The van der Waals surface area contributed by atoms with E-state index < -0.39 is 5.97 Å². The van der Waals surface area contributed by atoms with Gasteiger partial charge in [-0.1, -0.05) is 0 Å². The summed E-state index contributed by atoms with van der Waals surface area (Å²) in [5.74, 6) is -0.812. The van der Waals surface area contributed by atoms with Crippen LogP contribution in [0.2, 0.25) is 0 Å². The Bertz CT molecular complexity index is 218. The summed E-state index contributed by atoms with van der Waals surface area (Å²) in [7, 11) is 0. The van der Waals surface area contributed by atoms with Crippen LogP contribution in [0.1, 0.15) is 12.8 Å². The van der Waals surface area contributed by atoms with Gasteiger partial charge in [-0.25, -0.2) is 4.79 Å². The molecule has 1 saturated carbocycles. The monoisotopic (exact) mass is 169 g/mol. The third-order valence-electron chi connectivity index (χ3n) is 1.64. The molecule has 1 aliphatic rings. The summed E-state index contributed by atoms with van der Waals surface area (Å²) in [6.07, 6.45) is 4.21. The van der Waals surface area contributed by atoms with E-state index in [0.717, 1.165) is 12.2 Å². The number of hydrogen-bond acceptors (Lipinski definition) is 2. The highest BCUT2D eigenvalue weighted by Crippen LogP contribution is 2.27. The van der Waals surface area contributed by atoms with Gasteiger partial charge in [0.2, 0.25) is 5.91 Å². The molecule has 0 aromatic heterocycles. The second-order valence-corrected chi connectivity index (χ2v) is 2.86. The summed E-state index contributed by atoms with van der Waals surface area (Å²) in [5, 5.41) is 10.8. The molecule has 0 atom stereocenters. The highest BCUT2D eigenvalue weighted by Gasteiger charge is 2.20. The van der Waals surface area contributed by atoms with Crippen LogP contribution in [0.4, 0.5) is 0 Å². The van der Waals surface area contributed by atoms with Crippen LogP contribution in [0.5, 0.6) is 0 Å². The standard InChI is InChI=1S/C8H11NO3/c10-7(3-4-8(11)12)9-5-6-1-2-6/h3-4,6H,1-2,5H2,(H,9,10)(H,11,12). The van der Waals surface area contributed by atoms with Crippen LogP contribution in [-0.4, -0.2) is 23.5 Å². The molecule has 0 aromatic carbocycles. The lowest BCUT2D eigenvalue weighted by Crippen LogP contribution is -2.23. The zero-order chi connectivity index (χ0) is 8.97. The number of aliphatic carboxylic acids is 1. The Morgan fingerprint density at radius 1 is 1.42 bits per heavy atom. The van der Waals surface area contributed by atoms with Crippen molar-refractivity contribution in [3.8, 4) is 0 Å². The fourth-order valence-electron chi connectivity index (χ4n) is 0.773. The molecule has 4 nitrogen and oxygen atoms in total. The van der Waals surface area contributed by atoms with E-state index in [1.54, 1.807) is 0 Å². The quantitative estimate of drug-likeness (QED) is 0.589. The smallest absolute Gasteiger partial charge is 0.328 e. The minimum absolute atomic E-state index is 0.329. The molecule has 66 valence electrons. The Morgan fingerprint density at radius 2 is 2.08 bits per heavy atom. The summed E-state index contributed by atoms with van der Waals surface area (Å²) in [6.45, 7) is 0.669. The molecular formula is C8H11NO3. The van der Waals surface area contributed by atoms with Crippen molar-refractivity contribution in [2.24, 2.45) is 5.92 Å². The second-order valence-electron chi connectivity index (χ2n) is 2.86. The molecule has 2 N–H and O–H groups in total. The third-order valence-corrected chi connectivity index (χ3v) is 1.64. The van der Waals surface area contributed by atoms with Crippen molar-refractivity contribution in [1.29, 1.82) is 0 Å². The van der Waals surface area contributed by atoms with Gasteiger partial charge in [0.15, 0.2) is 0 Å². The van der Waals surface area contributed by atoms with Crippen LogP contribution >= 0.6 is 0 Å². The minimum Gasteiger partial charge on any atom is -0.478 e. The number of nitrogens with one attached hydrogen (secondary N) is 1. The van der Waals surface area contributed by atoms with E-state index in [2.05, 4.69) is 5.32 Å². The van der Waals surface area contributed by atoms with Gasteiger partial charge < -0.3 is 10.4 Å². The van der Waals surface area contributed by atoms with Gasteiger partial charge in [0.1, 0.15) is 0 Å². The van der Waals surface area contributed by atoms with Crippen molar-refractivity contribution < 1.29 is 14.7 Å². The molecule has 4 heteroatoms. The van der Waals surface area contributed by atoms with Gasteiger partial charge in [0.05, 0.1) is 0 Å². The van der Waals surface area contributed by atoms with Gasteiger partial charge in [0, 0.05) is 18.7 Å². The average molecular weight is 169 g/mol. The van der Waals surface area contributed by atoms with Crippen molar-refractivity contribution in [3.63, 3.8) is 0 Å². The highest BCUT2D eigenvalue weighted by atomic mass is 16.4. The molecule has 1 aliphatic carbocycles. The maximum atomic E-state index is 10.8. The zero-order valence-electron chi connectivity index (χ0n) is 6.62. The van der Waals surface area contributed by atoms with Crippen LogP contribution < -0.4 is 5.32 Å². The number of carboxylic acid groups (broad SMARTS) is 1. The first-order valence-electron chi connectivity index (χ1n) is 3.87. The normalized spacial score (nSPS) is 16.3. The van der Waals surface area contributed by atoms with Crippen LogP contribution in [0.3, 0.4) is 0 Å². The number of carbonyl (C=O) groups is 2. The van der Waals surface area contributed by atoms with Crippen LogP contribution in [0, 0.1) is 5.92 Å². The van der Waals surface area contributed by atoms with Crippen molar-refractivity contribution >= 4 is 11.9 Å². The maximum absolute atomic E-state index is 10.8. The van der Waals surface area contributed by atoms with E-state index in [1.807, 2.05) is 0 Å². The van der Waals surface area contributed by atoms with Crippen LogP contribution in [0.25, 0.3) is 0 Å². The predicted octanol–water partition coefficient (Wildman–Crippen LogP) is 0.153. The maximum Gasteiger partial charge on any atom is 0.328 e. The lowest BCUT2D eigenvalue weighted by atomic mass is 10.4. The SMILES string of the molecule is O=C(O)C=CC(=O)NCC1CC1. The number of rotatable bonds is 4. The summed E-state index contributed by atoms with van der Waals surface area (Å²) < 4.78 is 0. The Balaban J connectivity index is 2.13. The first-order valence-corrected chi connectivity index (χ1v) is 3.87. The van der Waals surface area contributed by atoms with Gasteiger partial charge in [-0.15, -0.1) is 0 Å². The zero-order valence-corrected chi connectivity index (χ0v) is 6.62. The van der Waals surface area contributed by atoms with Crippen molar-refractivity contribution in [3.05, 3.63) is 12.2 Å². The summed E-state index contributed by atoms with van der Waals surface area (Å²) in [4.78, 5) is 20.8. The predicted molar refractivity (Wildman–Crippen MR) is 42.5 cm³/mol. The van der Waals surface area contributed by atoms with Gasteiger partial charge in [-0.3, -0.25) is 4.79 Å². The number of carboxylic acids is 1. The Hall–Kier alpha value is -1.32. The molecule has 0 saturated heterocycles. The fraction of sp³-hybridized carbons (Fsp3) is 0.500. The van der Waals surface area contributed by atoms with Crippen LogP contribution in [-0.2, 0) is 9.59 Å². The van der Waals surface area contributed by atoms with E-state index in [1.165, 1.54) is 12.8 Å². The van der Waals surface area contributed by atoms with Gasteiger partial charge in [-0.2, -0.15) is 0 Å². The molecule has 12 heavy (non-hydrogen) atoms. The Morgan fingerprint density at radius 3 is 2.58 bits per heavy atom. The molecule has 0 bridgehead atoms. The number of amides is 1. The molecular weight excluding hydrogens is 158 g/mol. The fourth-order valence-corrected chi connectivity index (χ4v) is 0.773. The van der Waals surface area contributed by atoms with E-state index in [9.17, 15) is 9.59 Å². The molecule has 1 rings (SSSR count). The van der Waals surface area contributed by atoms with Crippen molar-refractivity contribution in [1.82, 2.24) is 5.32 Å². The highest BCUT2D eigenvalue weighted by molar-refractivity contribution is 5.93. The van der Waals surface area contributed by atoms with E-state index in [4.69, 9.17) is 5.11 Å². The minimum atomic E-state index is -1.10. The summed E-state index contributed by atoms with van der Waals surface area (Å²) in [6, 6.07) is 0. The van der Waals surface area contributed by atoms with Crippen molar-refractivity contribution in [2.75, 3.05) is 6.54 Å². The second kappa shape index (κ2) is 3.90. The first kappa shape index (κ1) is 8.77. The molecule has 0 aliphatic heterocycles. The number of hydrogen-bond donors (Lipinski definition) is 2.